The van der Waals surface area contributed by atoms with Gasteiger partial charge in [0.25, 0.3) is 0 Å². The summed E-state index contributed by atoms with van der Waals surface area (Å²) < 4.78 is 27.6. The third kappa shape index (κ3) is 2.44. The largest absolute Gasteiger partial charge is 0.468 e. The van der Waals surface area contributed by atoms with E-state index < -0.39 is 26.5 Å². The van der Waals surface area contributed by atoms with Crippen LogP contribution in [-0.4, -0.2) is 33.0 Å². The van der Waals surface area contributed by atoms with Crippen molar-refractivity contribution in [2.24, 2.45) is 11.3 Å². The highest BCUT2D eigenvalue weighted by atomic mass is 32.2. The number of hydrogen-bond acceptors (Lipinski definition) is 5. The number of nitrogens with zero attached hydrogens (tertiary/aromatic N) is 1. The van der Waals surface area contributed by atoms with Crippen molar-refractivity contribution in [3.05, 3.63) is 0 Å². The van der Waals surface area contributed by atoms with Gasteiger partial charge >= 0.3 is 5.97 Å². The van der Waals surface area contributed by atoms with Crippen LogP contribution in [0.1, 0.15) is 26.2 Å². The summed E-state index contributed by atoms with van der Waals surface area (Å²) in [5.41, 5.74) is -1.18. The number of methoxy groups -OCH3 is 1. The molecule has 1 saturated carbocycles. The van der Waals surface area contributed by atoms with E-state index in [4.69, 9.17) is 0 Å². The van der Waals surface area contributed by atoms with Gasteiger partial charge in [0.05, 0.1) is 18.4 Å². The average Bonchev–Trinajstić information content (AvgIpc) is 2.27. The highest BCUT2D eigenvalue weighted by molar-refractivity contribution is 7.91. The second-order valence-corrected chi connectivity index (χ2v) is 7.03. The molecular weight excluding hydrogens is 242 g/mol. The van der Waals surface area contributed by atoms with Gasteiger partial charge in [0.2, 0.25) is 0 Å². The molecule has 0 N–H and O–H groups in total. The van der Waals surface area contributed by atoms with Crippen molar-refractivity contribution in [3.63, 3.8) is 0 Å². The summed E-state index contributed by atoms with van der Waals surface area (Å²) in [5, 5.41) is 8.75. The molecule has 0 aromatic carbocycles. The fourth-order valence-corrected chi connectivity index (χ4v) is 3.62. The number of sulfone groups is 1. The van der Waals surface area contributed by atoms with E-state index in [-0.39, 0.29) is 12.3 Å². The van der Waals surface area contributed by atoms with Crippen molar-refractivity contribution in [2.75, 3.05) is 13.4 Å². The Morgan fingerprint density at radius 2 is 2.12 bits per heavy atom. The third-order valence-electron chi connectivity index (χ3n) is 3.67. The number of esters is 1. The van der Waals surface area contributed by atoms with E-state index in [2.05, 4.69) is 4.74 Å². The zero-order valence-corrected chi connectivity index (χ0v) is 11.1. The summed E-state index contributed by atoms with van der Waals surface area (Å²) in [6.45, 7) is 1.73. The van der Waals surface area contributed by atoms with Crippen LogP contribution in [0.5, 0.6) is 0 Å². The van der Waals surface area contributed by atoms with Crippen LogP contribution in [0.15, 0.2) is 0 Å². The van der Waals surface area contributed by atoms with Crippen LogP contribution in [0.25, 0.3) is 0 Å². The Morgan fingerprint density at radius 3 is 2.47 bits per heavy atom. The van der Waals surface area contributed by atoms with Gasteiger partial charge in [-0.1, -0.05) is 6.92 Å². The molecule has 3 unspecified atom stereocenters. The molecule has 1 rings (SSSR count). The van der Waals surface area contributed by atoms with Crippen molar-refractivity contribution in [1.82, 2.24) is 0 Å². The lowest BCUT2D eigenvalue weighted by atomic mass is 9.68. The Hall–Kier alpha value is -1.09. The first-order valence-electron chi connectivity index (χ1n) is 5.46. The Bertz CT molecular complexity index is 451. The molecule has 0 aromatic rings. The number of rotatable bonds is 2. The number of hydrogen-bond donors (Lipinski definition) is 0. The molecule has 0 amide bonds. The second-order valence-electron chi connectivity index (χ2n) is 4.70. The molecule has 0 radical (unpaired) electrons. The van der Waals surface area contributed by atoms with E-state index in [0.717, 1.165) is 0 Å². The first-order valence-corrected chi connectivity index (χ1v) is 7.42. The monoisotopic (exact) mass is 259 g/mol. The van der Waals surface area contributed by atoms with Crippen molar-refractivity contribution >= 4 is 15.8 Å². The fourth-order valence-electron chi connectivity index (χ4n) is 2.43. The lowest BCUT2D eigenvalue weighted by molar-refractivity contribution is -0.153. The summed E-state index contributed by atoms with van der Waals surface area (Å²) in [4.78, 5) is 11.7. The van der Waals surface area contributed by atoms with Crippen LogP contribution in [0, 0.1) is 22.7 Å². The van der Waals surface area contributed by atoms with Gasteiger partial charge in [0.1, 0.15) is 9.84 Å². The lowest BCUT2D eigenvalue weighted by Gasteiger charge is -2.37. The van der Waals surface area contributed by atoms with Crippen LogP contribution < -0.4 is 0 Å². The molecular formula is C11H17NO4S. The zero-order chi connectivity index (χ0) is 13.3. The minimum absolute atomic E-state index is 0.245. The molecule has 96 valence electrons. The Morgan fingerprint density at radius 1 is 1.53 bits per heavy atom. The summed E-state index contributed by atoms with van der Waals surface area (Å²) in [6, 6.07) is 2.02. The topological polar surface area (TPSA) is 84.2 Å². The Kier molecular flexibility index (Phi) is 3.82. The van der Waals surface area contributed by atoms with Crippen molar-refractivity contribution in [1.29, 1.82) is 5.26 Å². The molecule has 1 aliphatic rings. The van der Waals surface area contributed by atoms with E-state index in [1.165, 1.54) is 13.4 Å². The van der Waals surface area contributed by atoms with Gasteiger partial charge < -0.3 is 4.74 Å². The van der Waals surface area contributed by atoms with E-state index in [1.54, 1.807) is 6.92 Å². The van der Waals surface area contributed by atoms with Crippen molar-refractivity contribution in [3.8, 4) is 6.07 Å². The summed E-state index contributed by atoms with van der Waals surface area (Å²) in [7, 11) is -1.86. The highest BCUT2D eigenvalue weighted by Crippen LogP contribution is 2.43. The zero-order valence-electron chi connectivity index (χ0n) is 10.3. The maximum absolute atomic E-state index is 11.7. The van der Waals surface area contributed by atoms with Gasteiger partial charge in [-0.25, -0.2) is 8.42 Å². The summed E-state index contributed by atoms with van der Waals surface area (Å²) in [6.07, 6.45) is 2.12. The third-order valence-corrected chi connectivity index (χ3v) is 5.31. The molecule has 6 heteroatoms. The van der Waals surface area contributed by atoms with E-state index >= 15 is 0 Å². The lowest BCUT2D eigenvalue weighted by Crippen LogP contribution is -2.44. The van der Waals surface area contributed by atoms with Gasteiger partial charge in [0.15, 0.2) is 5.41 Å². The van der Waals surface area contributed by atoms with Crippen molar-refractivity contribution in [2.45, 2.75) is 31.4 Å². The first kappa shape index (κ1) is 14.0. The predicted molar refractivity (Wildman–Crippen MR) is 61.7 cm³/mol. The minimum atomic E-state index is -3.11. The average molecular weight is 259 g/mol. The van der Waals surface area contributed by atoms with Crippen LogP contribution in [0.3, 0.4) is 0 Å². The quantitative estimate of drug-likeness (QED) is 0.688. The highest BCUT2D eigenvalue weighted by Gasteiger charge is 2.50. The molecule has 0 spiro atoms. The molecule has 1 fully saturated rings. The molecule has 5 nitrogen and oxygen atoms in total. The van der Waals surface area contributed by atoms with Gasteiger partial charge in [-0.2, -0.15) is 5.26 Å². The Labute approximate surface area is 102 Å². The maximum atomic E-state index is 11.7. The van der Waals surface area contributed by atoms with Crippen LogP contribution in [0.2, 0.25) is 0 Å². The molecule has 0 heterocycles. The molecule has 0 saturated heterocycles. The van der Waals surface area contributed by atoms with Gasteiger partial charge in [-0.15, -0.1) is 0 Å². The minimum Gasteiger partial charge on any atom is -0.468 e. The Balaban J connectivity index is 2.98. The second kappa shape index (κ2) is 4.65. The fraction of sp³-hybridized carbons (Fsp3) is 0.818. The van der Waals surface area contributed by atoms with E-state index in [9.17, 15) is 18.5 Å². The predicted octanol–water partition coefficient (Wildman–Crippen LogP) is 0.903. The van der Waals surface area contributed by atoms with Crippen molar-refractivity contribution < 1.29 is 17.9 Å². The number of carbonyl (C=O) groups is 1. The summed E-state index contributed by atoms with van der Waals surface area (Å²) in [5.74, 6) is -0.868. The van der Waals surface area contributed by atoms with E-state index in [0.29, 0.717) is 12.8 Å². The van der Waals surface area contributed by atoms with Gasteiger partial charge in [0, 0.05) is 6.26 Å². The normalized spacial score (nSPS) is 33.8. The maximum Gasteiger partial charge on any atom is 0.326 e. The SMILES string of the molecule is COC(=O)C1(C#N)CCC(S(C)(=O)=O)CC1C. The van der Waals surface area contributed by atoms with E-state index in [1.807, 2.05) is 6.07 Å². The molecule has 17 heavy (non-hydrogen) atoms. The van der Waals surface area contributed by atoms with Crippen LogP contribution in [0.4, 0.5) is 0 Å². The summed E-state index contributed by atoms with van der Waals surface area (Å²) >= 11 is 0. The van der Waals surface area contributed by atoms with Gasteiger partial charge in [-0.3, -0.25) is 4.79 Å². The standard InChI is InChI=1S/C11H17NO4S/c1-8-6-9(17(3,14)15)4-5-11(8,7-12)10(13)16-2/h8-9H,4-6H2,1-3H3. The smallest absolute Gasteiger partial charge is 0.326 e. The molecule has 0 aliphatic heterocycles. The van der Waals surface area contributed by atoms with Crippen LogP contribution in [-0.2, 0) is 19.4 Å². The molecule has 1 aliphatic carbocycles. The first-order chi connectivity index (χ1) is 7.78. The molecule has 3 atom stereocenters. The number of ether oxygens (including phenoxy) is 1. The number of carbonyl (C=O) groups excluding carboxylic acids is 1. The molecule has 0 bridgehead atoms. The van der Waals surface area contributed by atoms with Gasteiger partial charge in [-0.05, 0) is 25.2 Å². The molecule has 0 aromatic heterocycles. The van der Waals surface area contributed by atoms with Crippen LogP contribution >= 0.6 is 0 Å². The number of nitriles is 1.